The van der Waals surface area contributed by atoms with Crippen molar-refractivity contribution in [2.75, 3.05) is 0 Å². The predicted octanol–water partition coefficient (Wildman–Crippen LogP) is 6.04. The minimum Gasteiger partial charge on any atom is -0.489 e. The lowest BCUT2D eigenvalue weighted by Crippen LogP contribution is -1.98. The number of hydrogen-bond donors (Lipinski definition) is 0. The third kappa shape index (κ3) is 3.61. The first kappa shape index (κ1) is 17.8. The van der Waals surface area contributed by atoms with Crippen molar-refractivity contribution < 1.29 is 18.7 Å². The first-order chi connectivity index (χ1) is 13.0. The molecule has 1 aromatic heterocycles. The van der Waals surface area contributed by atoms with Crippen LogP contribution in [-0.2, 0) is 6.61 Å². The SMILES string of the molecule is Cc1ccsc1C=C1Oc2cc(OCc3ccc(F)cc3Cl)ccc2C1=O. The maximum Gasteiger partial charge on any atom is 0.232 e. The number of ketones is 1. The van der Waals surface area contributed by atoms with E-state index in [1.54, 1.807) is 41.7 Å². The number of fused-ring (bicyclic) bond motifs is 1. The van der Waals surface area contributed by atoms with Crippen molar-refractivity contribution in [3.8, 4) is 11.5 Å². The topological polar surface area (TPSA) is 35.5 Å². The number of carbonyl (C=O) groups excluding carboxylic acids is 1. The van der Waals surface area contributed by atoms with Gasteiger partial charge in [0.05, 0.1) is 10.6 Å². The fourth-order valence-electron chi connectivity index (χ4n) is 2.71. The van der Waals surface area contributed by atoms with E-state index in [0.29, 0.717) is 33.4 Å². The predicted molar refractivity (Wildman–Crippen MR) is 104 cm³/mol. The zero-order chi connectivity index (χ0) is 19.0. The third-order valence-corrected chi connectivity index (χ3v) is 5.53. The number of benzene rings is 2. The Kier molecular flexibility index (Phi) is 4.72. The van der Waals surface area contributed by atoms with Crippen molar-refractivity contribution in [3.05, 3.63) is 86.0 Å². The van der Waals surface area contributed by atoms with Gasteiger partial charge in [-0.25, -0.2) is 4.39 Å². The molecular weight excluding hydrogens is 387 g/mol. The Hall–Kier alpha value is -2.63. The van der Waals surface area contributed by atoms with E-state index in [2.05, 4.69) is 0 Å². The number of halogens is 2. The first-order valence-corrected chi connectivity index (χ1v) is 9.46. The van der Waals surface area contributed by atoms with Gasteiger partial charge in [-0.15, -0.1) is 11.3 Å². The summed E-state index contributed by atoms with van der Waals surface area (Å²) in [5.41, 5.74) is 2.27. The van der Waals surface area contributed by atoms with Crippen LogP contribution in [0, 0.1) is 12.7 Å². The normalized spacial score (nSPS) is 14.3. The zero-order valence-electron chi connectivity index (χ0n) is 14.3. The minimum absolute atomic E-state index is 0.147. The maximum atomic E-state index is 13.1. The number of ether oxygens (including phenoxy) is 2. The summed E-state index contributed by atoms with van der Waals surface area (Å²) in [7, 11) is 0. The van der Waals surface area contributed by atoms with E-state index in [4.69, 9.17) is 21.1 Å². The average Bonchev–Trinajstić information content (AvgIpc) is 3.18. The van der Waals surface area contributed by atoms with Crippen molar-refractivity contribution in [2.24, 2.45) is 0 Å². The average molecular weight is 401 g/mol. The number of carbonyl (C=O) groups is 1. The molecule has 0 amide bonds. The molecule has 0 saturated carbocycles. The largest absolute Gasteiger partial charge is 0.489 e. The van der Waals surface area contributed by atoms with E-state index in [-0.39, 0.29) is 12.4 Å². The second-order valence-corrected chi connectivity index (χ2v) is 7.44. The Morgan fingerprint density at radius 3 is 2.81 bits per heavy atom. The van der Waals surface area contributed by atoms with Gasteiger partial charge in [-0.2, -0.15) is 0 Å². The lowest BCUT2D eigenvalue weighted by molar-refractivity contribution is 0.101. The molecule has 1 aliphatic heterocycles. The quantitative estimate of drug-likeness (QED) is 0.500. The summed E-state index contributed by atoms with van der Waals surface area (Å²) >= 11 is 7.57. The number of allylic oxidation sites excluding steroid dienone is 1. The van der Waals surface area contributed by atoms with E-state index >= 15 is 0 Å². The molecule has 0 radical (unpaired) electrons. The van der Waals surface area contributed by atoms with Crippen molar-refractivity contribution in [2.45, 2.75) is 13.5 Å². The van der Waals surface area contributed by atoms with Crippen LogP contribution >= 0.6 is 22.9 Å². The summed E-state index contributed by atoms with van der Waals surface area (Å²) in [5.74, 6) is 0.757. The summed E-state index contributed by atoms with van der Waals surface area (Å²) in [4.78, 5) is 13.5. The highest BCUT2D eigenvalue weighted by atomic mass is 35.5. The van der Waals surface area contributed by atoms with Crippen LogP contribution in [-0.4, -0.2) is 5.78 Å². The highest BCUT2D eigenvalue weighted by molar-refractivity contribution is 7.11. The van der Waals surface area contributed by atoms with Gasteiger partial charge in [0.2, 0.25) is 5.78 Å². The summed E-state index contributed by atoms with van der Waals surface area (Å²) in [6.07, 6.45) is 1.77. The number of Topliss-reactive ketones (excluding diaryl/α,β-unsaturated/α-hetero) is 1. The molecule has 0 fully saturated rings. The van der Waals surface area contributed by atoms with Crippen molar-refractivity contribution >= 4 is 34.8 Å². The van der Waals surface area contributed by atoms with Gasteiger partial charge in [0, 0.05) is 22.6 Å². The zero-order valence-corrected chi connectivity index (χ0v) is 15.9. The smallest absolute Gasteiger partial charge is 0.232 e. The molecule has 1 aliphatic rings. The molecule has 3 aromatic rings. The molecule has 0 bridgehead atoms. The van der Waals surface area contributed by atoms with Gasteiger partial charge < -0.3 is 9.47 Å². The van der Waals surface area contributed by atoms with Crippen LogP contribution in [0.4, 0.5) is 4.39 Å². The number of aryl methyl sites for hydroxylation is 1. The summed E-state index contributed by atoms with van der Waals surface area (Å²) in [6.45, 7) is 2.17. The molecule has 27 heavy (non-hydrogen) atoms. The maximum absolute atomic E-state index is 13.1. The summed E-state index contributed by atoms with van der Waals surface area (Å²) < 4.78 is 24.6. The monoisotopic (exact) mass is 400 g/mol. The van der Waals surface area contributed by atoms with Gasteiger partial charge in [-0.1, -0.05) is 17.7 Å². The van der Waals surface area contributed by atoms with Crippen LogP contribution in [0.2, 0.25) is 5.02 Å². The Morgan fingerprint density at radius 2 is 2.07 bits per heavy atom. The van der Waals surface area contributed by atoms with Crippen LogP contribution < -0.4 is 9.47 Å². The standard InChI is InChI=1S/C21H14ClFO3S/c1-12-6-7-27-20(12)10-19-21(24)16-5-4-15(9-18(16)26-19)25-11-13-2-3-14(23)8-17(13)22/h2-10H,11H2,1H3. The van der Waals surface area contributed by atoms with Gasteiger partial charge in [-0.3, -0.25) is 4.79 Å². The molecule has 0 saturated heterocycles. The number of thiophene rings is 1. The Balaban J connectivity index is 1.52. The molecule has 4 rings (SSSR count). The van der Waals surface area contributed by atoms with Crippen molar-refractivity contribution in [1.29, 1.82) is 0 Å². The van der Waals surface area contributed by atoms with E-state index < -0.39 is 5.82 Å². The van der Waals surface area contributed by atoms with E-state index in [0.717, 1.165) is 10.4 Å². The molecule has 2 aromatic carbocycles. The molecular formula is C21H14ClFO3S. The highest BCUT2D eigenvalue weighted by Gasteiger charge is 2.28. The lowest BCUT2D eigenvalue weighted by atomic mass is 10.1. The molecule has 6 heteroatoms. The lowest BCUT2D eigenvalue weighted by Gasteiger charge is -2.08. The molecule has 0 atom stereocenters. The van der Waals surface area contributed by atoms with E-state index in [1.807, 2.05) is 18.4 Å². The fraction of sp³-hybridized carbons (Fsp3) is 0.0952. The fourth-order valence-corrected chi connectivity index (χ4v) is 3.78. The number of rotatable bonds is 4. The minimum atomic E-state index is -0.395. The Labute approximate surface area is 164 Å². The number of hydrogen-bond acceptors (Lipinski definition) is 4. The van der Waals surface area contributed by atoms with Gasteiger partial charge in [0.1, 0.15) is 23.9 Å². The van der Waals surface area contributed by atoms with Gasteiger partial charge >= 0.3 is 0 Å². The highest BCUT2D eigenvalue weighted by Crippen LogP contribution is 2.36. The van der Waals surface area contributed by atoms with E-state index in [9.17, 15) is 9.18 Å². The van der Waals surface area contributed by atoms with E-state index in [1.165, 1.54) is 12.1 Å². The second-order valence-electron chi connectivity index (χ2n) is 6.09. The van der Waals surface area contributed by atoms with Crippen LogP contribution in [0.15, 0.2) is 53.6 Å². The van der Waals surface area contributed by atoms with Gasteiger partial charge in [0.25, 0.3) is 0 Å². The molecule has 3 nitrogen and oxygen atoms in total. The summed E-state index contributed by atoms with van der Waals surface area (Å²) in [5, 5.41) is 2.28. The van der Waals surface area contributed by atoms with Crippen molar-refractivity contribution in [3.63, 3.8) is 0 Å². The first-order valence-electron chi connectivity index (χ1n) is 8.20. The Morgan fingerprint density at radius 1 is 1.22 bits per heavy atom. The Bertz CT molecular complexity index is 1070. The van der Waals surface area contributed by atoms with Gasteiger partial charge in [0.15, 0.2) is 5.76 Å². The molecule has 136 valence electrons. The van der Waals surface area contributed by atoms with Gasteiger partial charge in [-0.05, 0) is 48.2 Å². The second kappa shape index (κ2) is 7.18. The van der Waals surface area contributed by atoms with Crippen LogP contribution in [0.3, 0.4) is 0 Å². The molecule has 2 heterocycles. The summed E-state index contributed by atoms with van der Waals surface area (Å²) in [6, 6.07) is 11.2. The van der Waals surface area contributed by atoms with Crippen molar-refractivity contribution in [1.82, 2.24) is 0 Å². The molecule has 0 unspecified atom stereocenters. The molecule has 0 aliphatic carbocycles. The van der Waals surface area contributed by atoms with Crippen LogP contribution in [0.1, 0.15) is 26.4 Å². The molecule has 0 N–H and O–H groups in total. The van der Waals surface area contributed by atoms with Crippen LogP contribution in [0.5, 0.6) is 11.5 Å². The third-order valence-electron chi connectivity index (χ3n) is 4.21. The molecule has 0 spiro atoms. The van der Waals surface area contributed by atoms with Crippen LogP contribution in [0.25, 0.3) is 6.08 Å².